The van der Waals surface area contributed by atoms with Crippen LogP contribution in [0, 0.1) is 79.5 Å². The highest BCUT2D eigenvalue weighted by Gasteiger charge is 2.17. The first-order chi connectivity index (χ1) is 50.8. The average Bonchev–Trinajstić information content (AvgIpc) is 0.835. The highest BCUT2D eigenvalue weighted by Crippen LogP contribution is 2.25. The first-order valence-corrected chi connectivity index (χ1v) is 38.3. The van der Waals surface area contributed by atoms with E-state index in [0.717, 1.165) is 56.8 Å². The largest absolute Gasteiger partial charge is 0.294 e. The number of pyridine rings is 1. The van der Waals surface area contributed by atoms with E-state index in [-0.39, 0.29) is 75.9 Å². The fourth-order valence-corrected chi connectivity index (χ4v) is 10.6. The summed E-state index contributed by atoms with van der Waals surface area (Å²) in [5.74, 6) is 3.22. The van der Waals surface area contributed by atoms with Gasteiger partial charge in [0.1, 0.15) is 11.5 Å². The molecule has 0 saturated carbocycles. The summed E-state index contributed by atoms with van der Waals surface area (Å²) in [5, 5.41) is 2.65. The van der Waals surface area contributed by atoms with Crippen LogP contribution in [-0.2, 0) is 12.8 Å². The lowest BCUT2D eigenvalue weighted by Crippen LogP contribution is -2.10. The van der Waals surface area contributed by atoms with Crippen molar-refractivity contribution in [3.05, 3.63) is 317 Å². The minimum absolute atomic E-state index is 0.00454. The lowest BCUT2D eigenvalue weighted by atomic mass is 9.93. The number of Topliss-reactive ketones (excluding diaryl/α,β-unsaturated/α-hetero) is 7. The Morgan fingerprint density at radius 3 is 1.25 bits per heavy atom. The Labute approximate surface area is 665 Å². The van der Waals surface area contributed by atoms with Gasteiger partial charge >= 0.3 is 0 Å². The third-order valence-electron chi connectivity index (χ3n) is 15.3. The number of carbonyl (C=O) groups is 7. The van der Waals surface area contributed by atoms with Crippen molar-refractivity contribution in [1.29, 1.82) is 0 Å². The van der Waals surface area contributed by atoms with Crippen molar-refractivity contribution in [1.82, 2.24) is 4.98 Å². The molecule has 0 bridgehead atoms. The van der Waals surface area contributed by atoms with Crippen LogP contribution in [0.25, 0.3) is 4.85 Å². The van der Waals surface area contributed by atoms with Crippen molar-refractivity contribution in [3.8, 4) is 0 Å². The van der Waals surface area contributed by atoms with E-state index >= 15 is 0 Å². The molecule has 0 saturated heterocycles. The molecular weight excluding hydrogens is 1430 g/mol. The van der Waals surface area contributed by atoms with Crippen molar-refractivity contribution in [3.63, 3.8) is 0 Å². The third-order valence-corrected chi connectivity index (χ3v) is 16.4. The molecule has 0 fully saturated rings. The van der Waals surface area contributed by atoms with Crippen LogP contribution < -0.4 is 0 Å². The van der Waals surface area contributed by atoms with Crippen LogP contribution in [0.3, 0.4) is 0 Å². The molecule has 0 aliphatic carbocycles. The predicted octanol–water partition coefficient (Wildman–Crippen LogP) is 27.5. The van der Waals surface area contributed by atoms with Crippen LogP contribution in [0.15, 0.2) is 219 Å². The average molecular weight is 1540 g/mol. The van der Waals surface area contributed by atoms with Gasteiger partial charge in [-0.2, -0.15) is 0 Å². The second kappa shape index (κ2) is 53.1. The molecule has 1 aromatic heterocycles. The van der Waals surface area contributed by atoms with E-state index in [2.05, 4.69) is 57.4 Å². The van der Waals surface area contributed by atoms with E-state index in [1.54, 1.807) is 79.0 Å². The molecule has 576 valence electrons. The van der Waals surface area contributed by atoms with Crippen LogP contribution in [0.1, 0.15) is 232 Å². The maximum absolute atomic E-state index is 12.8. The number of nitrogens with zero attached hydrogens (tertiary/aromatic N) is 2. The van der Waals surface area contributed by atoms with E-state index in [4.69, 9.17) is 53.0 Å². The third kappa shape index (κ3) is 40.4. The Bertz CT molecular complexity index is 4140. The standard InChI is InChI=1S/C12H16O.C11H12FN.C11H14O.3C10H11ClO.C10H13Cl.C10H13NO.C10H12O/c1-8(2)12(13)11-9(3)6-5-7-10(11)4;1-8(2)6-9-7-10(12)4-5-11(9)13-3;1-9(2)8-11(12)10-6-4-3-5-7-10;1-7(2)10(12)8-3-5-9(11)6-4-8;1-7(2)10(12)8-4-3-5-9(11)6-8;1-7(2)10(12)8-5-3-4-6-9(8)11;1-8(2)6-9-4-3-5-10(11)7-9;1-8(2)7-10(12)9-5-3-4-6-11-9;1-8(2)10(11)9-6-4-3-5-7-9/h5-8H,1-4H3;4-5,7-8H,6H2,1-2H3;3-7,9H,8H2,1-2H3;3*3-7H,1-2H3;3-5,7-8H,6H2,1-2H3;3-6,8H,7H2,1-2H3;3-8H,1-2H3. The van der Waals surface area contributed by atoms with Gasteiger partial charge in [-0.05, 0) is 158 Å². The smallest absolute Gasteiger partial charge is 0.190 e. The Morgan fingerprint density at radius 2 is 0.806 bits per heavy atom. The highest BCUT2D eigenvalue weighted by molar-refractivity contribution is 6.34. The van der Waals surface area contributed by atoms with E-state index in [1.807, 2.05) is 218 Å². The summed E-state index contributed by atoms with van der Waals surface area (Å²) >= 11 is 23.1. The number of carbonyl (C=O) groups excluding carboxylic acids is 7. The minimum atomic E-state index is -0.261. The maximum atomic E-state index is 12.8. The van der Waals surface area contributed by atoms with E-state index in [0.29, 0.717) is 74.1 Å². The Balaban J connectivity index is 0.000000608. The lowest BCUT2D eigenvalue weighted by molar-refractivity contribution is 0.0931. The summed E-state index contributed by atoms with van der Waals surface area (Å²) in [4.78, 5) is 87.6. The molecule has 0 spiro atoms. The normalized spacial score (nSPS) is 10.3. The van der Waals surface area contributed by atoms with Crippen LogP contribution in [-0.4, -0.2) is 45.5 Å². The van der Waals surface area contributed by atoms with Gasteiger partial charge in [-0.3, -0.25) is 38.5 Å². The fraction of sp³-hybridized carbons (Fsp3) is 0.351. The van der Waals surface area contributed by atoms with Crippen molar-refractivity contribution in [2.75, 3.05) is 0 Å². The van der Waals surface area contributed by atoms with Gasteiger partial charge in [0.2, 0.25) is 0 Å². The van der Waals surface area contributed by atoms with Crippen LogP contribution in [0.2, 0.25) is 20.1 Å². The first kappa shape index (κ1) is 97.2. The van der Waals surface area contributed by atoms with Crippen molar-refractivity contribution in [2.45, 2.75) is 164 Å². The molecule has 9 aromatic rings. The molecule has 0 amide bonds. The summed E-state index contributed by atoms with van der Waals surface area (Å²) in [6.45, 7) is 46.5. The number of aromatic nitrogens is 1. The van der Waals surface area contributed by atoms with Gasteiger partial charge in [0.15, 0.2) is 46.2 Å². The quantitative estimate of drug-likeness (QED) is 0.0543. The maximum Gasteiger partial charge on any atom is 0.190 e. The molecule has 0 aliphatic rings. The van der Waals surface area contributed by atoms with E-state index in [1.165, 1.54) is 17.7 Å². The van der Waals surface area contributed by atoms with Gasteiger partial charge < -0.3 is 0 Å². The number of halogens is 5. The number of hydrogen-bond donors (Lipinski definition) is 0. The van der Waals surface area contributed by atoms with Crippen LogP contribution >= 0.6 is 46.4 Å². The van der Waals surface area contributed by atoms with Crippen molar-refractivity contribution < 1.29 is 38.0 Å². The summed E-state index contributed by atoms with van der Waals surface area (Å²) in [6.07, 6.45) is 4.74. The molecule has 9 nitrogen and oxygen atoms in total. The number of ketones is 7. The van der Waals surface area contributed by atoms with Crippen molar-refractivity contribution in [2.24, 2.45) is 53.3 Å². The van der Waals surface area contributed by atoms with Gasteiger partial charge in [-0.25, -0.2) is 9.24 Å². The molecule has 0 N–H and O–H groups in total. The second-order valence-corrected chi connectivity index (χ2v) is 30.8. The van der Waals surface area contributed by atoms with E-state index in [9.17, 15) is 38.0 Å². The molecule has 0 atom stereocenters. The zero-order valence-electron chi connectivity index (χ0n) is 67.0. The summed E-state index contributed by atoms with van der Waals surface area (Å²) in [6, 6.07) is 63.7. The van der Waals surface area contributed by atoms with Crippen molar-refractivity contribution >= 4 is 92.6 Å². The summed E-state index contributed by atoms with van der Waals surface area (Å²) < 4.78 is 12.8. The number of rotatable bonds is 20. The monoisotopic (exact) mass is 1540 g/mol. The van der Waals surface area contributed by atoms with Crippen LogP contribution in [0.5, 0.6) is 0 Å². The summed E-state index contributed by atoms with van der Waals surface area (Å²) in [7, 11) is 0. The van der Waals surface area contributed by atoms with E-state index < -0.39 is 0 Å². The SMILES string of the molecule is CC(C)C(=O)c1ccc(Cl)cc1.CC(C)C(=O)c1cccc(Cl)c1.CC(C)C(=O)c1ccccc1.CC(C)C(=O)c1ccccc1Cl.CC(C)CC(=O)c1ccccc1.CC(C)CC(=O)c1ccccn1.CC(C)Cc1cccc(Cl)c1.Cc1cccc(C)c1C(=O)C(C)C.[C-]#[N+]c1ccc(F)cc1CC(C)C. The number of aryl methyl sites for hydroxylation is 2. The summed E-state index contributed by atoms with van der Waals surface area (Å²) in [5.41, 5.74) is 10.0. The minimum Gasteiger partial charge on any atom is -0.294 e. The number of benzene rings is 8. The lowest BCUT2D eigenvalue weighted by Gasteiger charge is -2.10. The molecule has 0 aliphatic heterocycles. The van der Waals surface area contributed by atoms with Gasteiger partial charge in [0.25, 0.3) is 0 Å². The molecule has 0 radical (unpaired) electrons. The molecule has 1 heterocycles. The van der Waals surface area contributed by atoms with Crippen LogP contribution in [0.4, 0.5) is 10.1 Å². The van der Waals surface area contributed by atoms with Gasteiger partial charge in [0.05, 0.1) is 11.6 Å². The molecule has 8 aromatic carbocycles. The van der Waals surface area contributed by atoms with Gasteiger partial charge in [-0.15, -0.1) is 0 Å². The fourth-order valence-electron chi connectivity index (χ4n) is 9.84. The Hall–Kier alpha value is -8.82. The number of hydrogen-bond acceptors (Lipinski definition) is 8. The Morgan fingerprint density at radius 1 is 0.380 bits per heavy atom. The zero-order chi connectivity index (χ0) is 81.8. The molecule has 0 unspecified atom stereocenters. The Kier molecular flexibility index (Phi) is 47.8. The predicted molar refractivity (Wildman–Crippen MR) is 452 cm³/mol. The first-order valence-electron chi connectivity index (χ1n) is 36.8. The second-order valence-electron chi connectivity index (χ2n) is 29.1. The molecule has 14 heteroatoms. The molecule has 108 heavy (non-hydrogen) atoms. The van der Waals surface area contributed by atoms with Gasteiger partial charge in [0, 0.05) is 97.1 Å². The highest BCUT2D eigenvalue weighted by atomic mass is 35.5. The topological polar surface area (TPSA) is 137 Å². The zero-order valence-corrected chi connectivity index (χ0v) is 70.0. The van der Waals surface area contributed by atoms with Gasteiger partial charge in [-0.1, -0.05) is 298 Å². The molecular formula is C94H113Cl4FN2O7. The molecule has 9 rings (SSSR count).